The SMILES string of the molecule is CCC(C)NCc1cc(Br)c2c(c1)OCCO2. The summed E-state index contributed by atoms with van der Waals surface area (Å²) < 4.78 is 12.1. The minimum absolute atomic E-state index is 0.530. The highest BCUT2D eigenvalue weighted by Crippen LogP contribution is 2.38. The Hall–Kier alpha value is -0.740. The molecule has 1 N–H and O–H groups in total. The van der Waals surface area contributed by atoms with Gasteiger partial charge < -0.3 is 14.8 Å². The van der Waals surface area contributed by atoms with Crippen molar-refractivity contribution in [1.82, 2.24) is 5.32 Å². The van der Waals surface area contributed by atoms with Crippen molar-refractivity contribution in [2.75, 3.05) is 13.2 Å². The van der Waals surface area contributed by atoms with E-state index >= 15 is 0 Å². The topological polar surface area (TPSA) is 30.5 Å². The molecule has 1 aliphatic heterocycles. The zero-order chi connectivity index (χ0) is 12.3. The first-order valence-electron chi connectivity index (χ1n) is 6.02. The van der Waals surface area contributed by atoms with Crippen LogP contribution in [0.25, 0.3) is 0 Å². The zero-order valence-electron chi connectivity index (χ0n) is 10.3. The van der Waals surface area contributed by atoms with Crippen molar-refractivity contribution < 1.29 is 9.47 Å². The summed E-state index contributed by atoms with van der Waals surface area (Å²) in [6.45, 7) is 6.46. The molecule has 0 radical (unpaired) electrons. The van der Waals surface area contributed by atoms with Crippen LogP contribution in [0.4, 0.5) is 0 Å². The minimum Gasteiger partial charge on any atom is -0.486 e. The molecule has 0 fully saturated rings. The number of hydrogen-bond donors (Lipinski definition) is 1. The molecule has 1 aromatic rings. The van der Waals surface area contributed by atoms with Gasteiger partial charge in [0.1, 0.15) is 13.2 Å². The Bertz CT molecular complexity index is 395. The lowest BCUT2D eigenvalue weighted by Crippen LogP contribution is -2.24. The summed E-state index contributed by atoms with van der Waals surface area (Å²) in [4.78, 5) is 0. The fourth-order valence-corrected chi connectivity index (χ4v) is 2.31. The lowest BCUT2D eigenvalue weighted by Gasteiger charge is -2.21. The molecule has 1 aromatic carbocycles. The van der Waals surface area contributed by atoms with Crippen LogP contribution in [-0.2, 0) is 6.54 Å². The summed E-state index contributed by atoms with van der Waals surface area (Å²) in [6.07, 6.45) is 1.13. The molecule has 1 aliphatic rings. The molecular weight excluding hydrogens is 282 g/mol. The van der Waals surface area contributed by atoms with Gasteiger partial charge in [-0.05, 0) is 47.0 Å². The first kappa shape index (κ1) is 12.7. The third-order valence-corrected chi connectivity index (χ3v) is 3.51. The van der Waals surface area contributed by atoms with Gasteiger partial charge in [0, 0.05) is 12.6 Å². The van der Waals surface area contributed by atoms with Gasteiger partial charge in [0.15, 0.2) is 11.5 Å². The van der Waals surface area contributed by atoms with Crippen molar-refractivity contribution in [2.24, 2.45) is 0 Å². The van der Waals surface area contributed by atoms with Crippen LogP contribution in [0.3, 0.4) is 0 Å². The predicted molar refractivity (Wildman–Crippen MR) is 71.7 cm³/mol. The Morgan fingerprint density at radius 1 is 1.35 bits per heavy atom. The van der Waals surface area contributed by atoms with Crippen molar-refractivity contribution in [2.45, 2.75) is 32.9 Å². The summed E-state index contributed by atoms with van der Waals surface area (Å²) in [6, 6.07) is 4.67. The first-order valence-corrected chi connectivity index (χ1v) is 6.81. The molecule has 0 saturated carbocycles. The van der Waals surface area contributed by atoms with E-state index in [0.29, 0.717) is 19.3 Å². The van der Waals surface area contributed by atoms with Crippen molar-refractivity contribution in [3.05, 3.63) is 22.2 Å². The molecule has 0 saturated heterocycles. The zero-order valence-corrected chi connectivity index (χ0v) is 11.8. The van der Waals surface area contributed by atoms with Crippen LogP contribution in [0.2, 0.25) is 0 Å². The van der Waals surface area contributed by atoms with E-state index in [1.54, 1.807) is 0 Å². The predicted octanol–water partition coefficient (Wildman–Crippen LogP) is 3.11. The quantitative estimate of drug-likeness (QED) is 0.927. The number of halogens is 1. The maximum atomic E-state index is 5.60. The fourth-order valence-electron chi connectivity index (χ4n) is 1.70. The van der Waals surface area contributed by atoms with Crippen LogP contribution in [0, 0.1) is 0 Å². The number of nitrogens with one attached hydrogen (secondary N) is 1. The molecule has 1 heterocycles. The highest BCUT2D eigenvalue weighted by atomic mass is 79.9. The normalized spacial score (nSPS) is 15.7. The molecule has 1 unspecified atom stereocenters. The molecule has 0 bridgehead atoms. The maximum Gasteiger partial charge on any atom is 0.175 e. The third-order valence-electron chi connectivity index (χ3n) is 2.92. The molecule has 0 spiro atoms. The van der Waals surface area contributed by atoms with Gasteiger partial charge in [-0.15, -0.1) is 0 Å². The van der Waals surface area contributed by atoms with Gasteiger partial charge in [0.25, 0.3) is 0 Å². The average Bonchev–Trinajstić information content (AvgIpc) is 2.36. The molecule has 1 atom stereocenters. The molecule has 17 heavy (non-hydrogen) atoms. The lowest BCUT2D eigenvalue weighted by atomic mass is 10.1. The number of fused-ring (bicyclic) bond motifs is 1. The van der Waals surface area contributed by atoms with E-state index in [1.807, 2.05) is 0 Å². The second-order valence-corrected chi connectivity index (χ2v) is 5.15. The highest BCUT2D eigenvalue weighted by molar-refractivity contribution is 9.10. The van der Waals surface area contributed by atoms with Gasteiger partial charge in [0.05, 0.1) is 4.47 Å². The second-order valence-electron chi connectivity index (χ2n) is 4.29. The first-order chi connectivity index (χ1) is 8.20. The molecule has 0 aromatic heterocycles. The minimum atomic E-state index is 0.530. The largest absolute Gasteiger partial charge is 0.486 e. The Balaban J connectivity index is 2.11. The van der Waals surface area contributed by atoms with Gasteiger partial charge in [-0.1, -0.05) is 6.92 Å². The van der Waals surface area contributed by atoms with Gasteiger partial charge in [-0.3, -0.25) is 0 Å². The monoisotopic (exact) mass is 299 g/mol. The Morgan fingerprint density at radius 2 is 2.12 bits per heavy atom. The number of hydrogen-bond acceptors (Lipinski definition) is 3. The van der Waals surface area contributed by atoms with E-state index in [0.717, 1.165) is 28.9 Å². The molecule has 0 aliphatic carbocycles. The van der Waals surface area contributed by atoms with Gasteiger partial charge in [0.2, 0.25) is 0 Å². The van der Waals surface area contributed by atoms with Gasteiger partial charge in [-0.2, -0.15) is 0 Å². The maximum absolute atomic E-state index is 5.60. The van der Waals surface area contributed by atoms with Gasteiger partial charge in [-0.25, -0.2) is 0 Å². The summed E-state index contributed by atoms with van der Waals surface area (Å²) in [7, 11) is 0. The van der Waals surface area contributed by atoms with Crippen LogP contribution in [0.15, 0.2) is 16.6 Å². The van der Waals surface area contributed by atoms with Crippen LogP contribution < -0.4 is 14.8 Å². The van der Waals surface area contributed by atoms with Crippen molar-refractivity contribution >= 4 is 15.9 Å². The van der Waals surface area contributed by atoms with Crippen LogP contribution in [-0.4, -0.2) is 19.3 Å². The third kappa shape index (κ3) is 3.13. The van der Waals surface area contributed by atoms with E-state index in [9.17, 15) is 0 Å². The standard InChI is InChI=1S/C13H18BrNO2/c1-3-9(2)15-8-10-6-11(14)13-12(7-10)16-4-5-17-13/h6-7,9,15H,3-5,8H2,1-2H3. The Morgan fingerprint density at radius 3 is 2.88 bits per heavy atom. The van der Waals surface area contributed by atoms with E-state index < -0.39 is 0 Å². The van der Waals surface area contributed by atoms with Crippen molar-refractivity contribution in [1.29, 1.82) is 0 Å². The van der Waals surface area contributed by atoms with Crippen LogP contribution in [0.5, 0.6) is 11.5 Å². The average molecular weight is 300 g/mol. The molecule has 0 amide bonds. The number of benzene rings is 1. The smallest absolute Gasteiger partial charge is 0.175 e. The van der Waals surface area contributed by atoms with Gasteiger partial charge >= 0.3 is 0 Å². The highest BCUT2D eigenvalue weighted by Gasteiger charge is 2.16. The van der Waals surface area contributed by atoms with E-state index in [-0.39, 0.29) is 0 Å². The number of rotatable bonds is 4. The molecule has 2 rings (SSSR count). The van der Waals surface area contributed by atoms with Crippen molar-refractivity contribution in [3.8, 4) is 11.5 Å². The van der Waals surface area contributed by atoms with E-state index in [2.05, 4.69) is 47.2 Å². The molecule has 3 nitrogen and oxygen atoms in total. The number of ether oxygens (including phenoxy) is 2. The summed E-state index contributed by atoms with van der Waals surface area (Å²) in [5, 5.41) is 3.47. The summed E-state index contributed by atoms with van der Waals surface area (Å²) in [5.41, 5.74) is 1.21. The van der Waals surface area contributed by atoms with Crippen LogP contribution in [0.1, 0.15) is 25.8 Å². The Kier molecular flexibility index (Phi) is 4.29. The summed E-state index contributed by atoms with van der Waals surface area (Å²) in [5.74, 6) is 1.66. The second kappa shape index (κ2) is 5.74. The molecule has 4 heteroatoms. The van der Waals surface area contributed by atoms with E-state index in [4.69, 9.17) is 9.47 Å². The molecular formula is C13H18BrNO2. The lowest BCUT2D eigenvalue weighted by molar-refractivity contribution is 0.170. The Labute approximate surface area is 111 Å². The summed E-state index contributed by atoms with van der Waals surface area (Å²) >= 11 is 3.52. The van der Waals surface area contributed by atoms with E-state index in [1.165, 1.54) is 5.56 Å². The molecule has 94 valence electrons. The fraction of sp³-hybridized carbons (Fsp3) is 0.538. The van der Waals surface area contributed by atoms with Crippen molar-refractivity contribution in [3.63, 3.8) is 0 Å². The van der Waals surface area contributed by atoms with Crippen LogP contribution >= 0.6 is 15.9 Å².